The number of likely N-dealkylation sites (N-methyl/N-ethyl adjacent to an activating group) is 1. The predicted molar refractivity (Wildman–Crippen MR) is 92.0 cm³/mol. The Morgan fingerprint density at radius 1 is 1.19 bits per heavy atom. The lowest BCUT2D eigenvalue weighted by Crippen LogP contribution is -2.23. The number of benzene rings is 2. The van der Waals surface area contributed by atoms with Gasteiger partial charge < -0.3 is 10.1 Å². The molecule has 2 aromatic rings. The summed E-state index contributed by atoms with van der Waals surface area (Å²) in [5.41, 5.74) is 3.93. The number of halogens is 1. The molecule has 1 unspecified atom stereocenters. The van der Waals surface area contributed by atoms with Gasteiger partial charge in [-0.2, -0.15) is 0 Å². The van der Waals surface area contributed by atoms with Crippen molar-refractivity contribution in [3.05, 3.63) is 63.6 Å². The standard InChI is InChI=1S/C18H22BrNO/c1-4-20-17(11-14-7-5-6-13(2)10-14)15-8-9-18(21-3)16(19)12-15/h5-10,12,17,20H,4,11H2,1-3H3. The minimum atomic E-state index is 0.305. The number of hydrogen-bond donors (Lipinski definition) is 1. The third-order valence-corrected chi connectivity index (χ3v) is 4.17. The molecule has 0 aliphatic carbocycles. The number of nitrogens with one attached hydrogen (secondary N) is 1. The fourth-order valence-corrected chi connectivity index (χ4v) is 3.09. The lowest BCUT2D eigenvalue weighted by atomic mass is 9.98. The van der Waals surface area contributed by atoms with Crippen molar-refractivity contribution in [2.75, 3.05) is 13.7 Å². The summed E-state index contributed by atoms with van der Waals surface area (Å²) in [6.07, 6.45) is 0.980. The van der Waals surface area contributed by atoms with Crippen LogP contribution in [0.15, 0.2) is 46.9 Å². The molecule has 3 heteroatoms. The highest BCUT2D eigenvalue weighted by molar-refractivity contribution is 9.10. The Kier molecular flexibility index (Phi) is 5.83. The summed E-state index contributed by atoms with van der Waals surface area (Å²) in [5.74, 6) is 0.865. The van der Waals surface area contributed by atoms with Gasteiger partial charge in [-0.25, -0.2) is 0 Å². The van der Waals surface area contributed by atoms with E-state index in [-0.39, 0.29) is 0 Å². The summed E-state index contributed by atoms with van der Waals surface area (Å²) >= 11 is 3.57. The molecule has 21 heavy (non-hydrogen) atoms. The third kappa shape index (κ3) is 4.32. The molecule has 2 nitrogen and oxygen atoms in total. The van der Waals surface area contributed by atoms with Crippen molar-refractivity contribution in [1.82, 2.24) is 5.32 Å². The molecule has 2 aromatic carbocycles. The summed E-state index contributed by atoms with van der Waals surface area (Å²) in [6.45, 7) is 5.22. The zero-order valence-electron chi connectivity index (χ0n) is 12.8. The second-order valence-corrected chi connectivity index (χ2v) is 6.05. The smallest absolute Gasteiger partial charge is 0.133 e. The summed E-state index contributed by atoms with van der Waals surface area (Å²) in [7, 11) is 1.69. The third-order valence-electron chi connectivity index (χ3n) is 3.55. The van der Waals surface area contributed by atoms with Crippen LogP contribution in [0, 0.1) is 6.92 Å². The van der Waals surface area contributed by atoms with Crippen molar-refractivity contribution >= 4 is 15.9 Å². The fourth-order valence-electron chi connectivity index (χ4n) is 2.53. The highest BCUT2D eigenvalue weighted by atomic mass is 79.9. The van der Waals surface area contributed by atoms with Gasteiger partial charge in [-0.1, -0.05) is 42.8 Å². The molecule has 2 rings (SSSR count). The van der Waals surface area contributed by atoms with Gasteiger partial charge in [0.05, 0.1) is 11.6 Å². The number of hydrogen-bond acceptors (Lipinski definition) is 2. The predicted octanol–water partition coefficient (Wildman–Crippen LogP) is 4.66. The van der Waals surface area contributed by atoms with Gasteiger partial charge in [-0.15, -0.1) is 0 Å². The second kappa shape index (κ2) is 7.62. The van der Waals surface area contributed by atoms with Gasteiger partial charge in [0.15, 0.2) is 0 Å². The lowest BCUT2D eigenvalue weighted by Gasteiger charge is -2.20. The normalized spacial score (nSPS) is 12.2. The van der Waals surface area contributed by atoms with Crippen LogP contribution in [0.2, 0.25) is 0 Å². The molecule has 0 heterocycles. The van der Waals surface area contributed by atoms with Crippen LogP contribution in [0.25, 0.3) is 0 Å². The van der Waals surface area contributed by atoms with Crippen molar-refractivity contribution < 1.29 is 4.74 Å². The Bertz CT molecular complexity index is 598. The van der Waals surface area contributed by atoms with E-state index >= 15 is 0 Å². The van der Waals surface area contributed by atoms with E-state index in [4.69, 9.17) is 4.74 Å². The molecule has 0 spiro atoms. The van der Waals surface area contributed by atoms with Crippen LogP contribution in [-0.4, -0.2) is 13.7 Å². The van der Waals surface area contributed by atoms with Crippen LogP contribution in [0.5, 0.6) is 5.75 Å². The summed E-state index contributed by atoms with van der Waals surface area (Å²) in [6, 6.07) is 15.3. The molecule has 1 atom stereocenters. The average molecular weight is 348 g/mol. The van der Waals surface area contributed by atoms with E-state index in [1.165, 1.54) is 16.7 Å². The fraction of sp³-hybridized carbons (Fsp3) is 0.333. The van der Waals surface area contributed by atoms with Gasteiger partial charge in [0.25, 0.3) is 0 Å². The Morgan fingerprint density at radius 3 is 2.62 bits per heavy atom. The van der Waals surface area contributed by atoms with E-state index in [2.05, 4.69) is 71.5 Å². The van der Waals surface area contributed by atoms with Crippen LogP contribution < -0.4 is 10.1 Å². The molecule has 0 amide bonds. The Labute approximate surface area is 135 Å². The van der Waals surface area contributed by atoms with Crippen molar-refractivity contribution in [2.45, 2.75) is 26.3 Å². The van der Waals surface area contributed by atoms with E-state index < -0.39 is 0 Å². The first-order chi connectivity index (χ1) is 10.1. The molecular weight excluding hydrogens is 326 g/mol. The molecule has 0 bridgehead atoms. The van der Waals surface area contributed by atoms with E-state index in [9.17, 15) is 0 Å². The van der Waals surface area contributed by atoms with Crippen LogP contribution in [0.3, 0.4) is 0 Å². The maximum Gasteiger partial charge on any atom is 0.133 e. The molecule has 0 aromatic heterocycles. The molecule has 0 saturated carbocycles. The van der Waals surface area contributed by atoms with E-state index in [0.717, 1.165) is 23.2 Å². The number of methoxy groups -OCH3 is 1. The molecule has 0 aliphatic rings. The topological polar surface area (TPSA) is 21.3 Å². The van der Waals surface area contributed by atoms with Crippen molar-refractivity contribution in [2.24, 2.45) is 0 Å². The SMILES string of the molecule is CCNC(Cc1cccc(C)c1)c1ccc(OC)c(Br)c1. The van der Waals surface area contributed by atoms with Crippen LogP contribution in [-0.2, 0) is 6.42 Å². The first-order valence-corrected chi connectivity index (χ1v) is 8.05. The zero-order chi connectivity index (χ0) is 15.2. The summed E-state index contributed by atoms with van der Waals surface area (Å²) < 4.78 is 6.30. The lowest BCUT2D eigenvalue weighted by molar-refractivity contribution is 0.411. The highest BCUT2D eigenvalue weighted by Gasteiger charge is 2.13. The number of ether oxygens (including phenoxy) is 1. The molecule has 0 radical (unpaired) electrons. The molecule has 1 N–H and O–H groups in total. The molecule has 112 valence electrons. The molecule has 0 fully saturated rings. The first-order valence-electron chi connectivity index (χ1n) is 7.26. The monoisotopic (exact) mass is 347 g/mol. The summed E-state index contributed by atoms with van der Waals surface area (Å²) in [4.78, 5) is 0. The minimum absolute atomic E-state index is 0.305. The van der Waals surface area contributed by atoms with E-state index in [1.54, 1.807) is 7.11 Å². The zero-order valence-corrected chi connectivity index (χ0v) is 14.4. The Balaban J connectivity index is 2.24. The van der Waals surface area contributed by atoms with Crippen LogP contribution >= 0.6 is 15.9 Å². The van der Waals surface area contributed by atoms with E-state index in [0.29, 0.717) is 6.04 Å². The van der Waals surface area contributed by atoms with Gasteiger partial charge in [0, 0.05) is 6.04 Å². The Morgan fingerprint density at radius 2 is 2.00 bits per heavy atom. The van der Waals surface area contributed by atoms with Crippen molar-refractivity contribution in [3.8, 4) is 5.75 Å². The van der Waals surface area contributed by atoms with Gasteiger partial charge in [-0.05, 0) is 59.1 Å². The number of aryl methyl sites for hydroxylation is 1. The first kappa shape index (κ1) is 16.1. The molecule has 0 aliphatic heterocycles. The summed E-state index contributed by atoms with van der Waals surface area (Å²) in [5, 5.41) is 3.57. The Hall–Kier alpha value is -1.32. The second-order valence-electron chi connectivity index (χ2n) is 5.20. The molecular formula is C18H22BrNO. The highest BCUT2D eigenvalue weighted by Crippen LogP contribution is 2.29. The van der Waals surface area contributed by atoms with Gasteiger partial charge in [-0.3, -0.25) is 0 Å². The maximum atomic E-state index is 5.31. The number of rotatable bonds is 6. The average Bonchev–Trinajstić information content (AvgIpc) is 2.47. The molecule has 0 saturated heterocycles. The van der Waals surface area contributed by atoms with Crippen LogP contribution in [0.4, 0.5) is 0 Å². The van der Waals surface area contributed by atoms with E-state index in [1.807, 2.05) is 6.07 Å². The quantitative estimate of drug-likeness (QED) is 0.820. The minimum Gasteiger partial charge on any atom is -0.496 e. The van der Waals surface area contributed by atoms with Crippen molar-refractivity contribution in [3.63, 3.8) is 0 Å². The van der Waals surface area contributed by atoms with Gasteiger partial charge in [0.2, 0.25) is 0 Å². The van der Waals surface area contributed by atoms with Gasteiger partial charge in [0.1, 0.15) is 5.75 Å². The maximum absolute atomic E-state index is 5.31. The largest absolute Gasteiger partial charge is 0.496 e. The van der Waals surface area contributed by atoms with Gasteiger partial charge >= 0.3 is 0 Å². The van der Waals surface area contributed by atoms with Crippen LogP contribution in [0.1, 0.15) is 29.7 Å². The van der Waals surface area contributed by atoms with Crippen molar-refractivity contribution in [1.29, 1.82) is 0 Å².